The van der Waals surface area contributed by atoms with Gasteiger partial charge in [-0.05, 0) is 83.7 Å². The molecule has 1 saturated heterocycles. The molecule has 2 N–H and O–H groups in total. The zero-order chi connectivity index (χ0) is 22.3. The lowest BCUT2D eigenvalue weighted by Gasteiger charge is -2.53. The van der Waals surface area contributed by atoms with Gasteiger partial charge in [0.2, 0.25) is 21.8 Å². The van der Waals surface area contributed by atoms with E-state index in [0.29, 0.717) is 18.5 Å². The first-order chi connectivity index (χ1) is 13.9. The minimum Gasteiger partial charge on any atom is -0.350 e. The lowest BCUT2D eigenvalue weighted by Crippen LogP contribution is -2.65. The molecule has 0 aromatic heterocycles. The predicted octanol–water partition coefficient (Wildman–Crippen LogP) is 3.05. The topological polar surface area (TPSA) is 95.6 Å². The lowest BCUT2D eigenvalue weighted by atomic mass is 9.79. The molecular formula is C22H31N3O4S. The Morgan fingerprint density at radius 3 is 2.07 bits per heavy atom. The summed E-state index contributed by atoms with van der Waals surface area (Å²) in [5, 5.41) is 5.74. The van der Waals surface area contributed by atoms with Crippen molar-refractivity contribution in [1.29, 1.82) is 0 Å². The van der Waals surface area contributed by atoms with E-state index in [2.05, 4.69) is 17.2 Å². The van der Waals surface area contributed by atoms with Gasteiger partial charge in [0.25, 0.3) is 0 Å². The fraction of sp³-hybridized carbons (Fsp3) is 0.545. The molecule has 0 atom stereocenters. The molecule has 2 fully saturated rings. The third-order valence-corrected chi connectivity index (χ3v) is 8.07. The summed E-state index contributed by atoms with van der Waals surface area (Å²) in [4.78, 5) is 23.9. The Morgan fingerprint density at radius 1 is 1.07 bits per heavy atom. The highest BCUT2D eigenvalue weighted by Gasteiger charge is 2.51. The molecule has 1 aliphatic heterocycles. The molecule has 164 valence electrons. The van der Waals surface area contributed by atoms with Crippen LogP contribution in [-0.4, -0.2) is 41.7 Å². The van der Waals surface area contributed by atoms with E-state index in [1.165, 1.54) is 18.2 Å². The second-order valence-corrected chi connectivity index (χ2v) is 11.3. The van der Waals surface area contributed by atoms with E-state index in [9.17, 15) is 18.0 Å². The summed E-state index contributed by atoms with van der Waals surface area (Å²) in [6.45, 7) is 11.0. The quantitative estimate of drug-likeness (QED) is 0.674. The number of carbonyl (C=O) groups excluding carboxylic acids is 2. The van der Waals surface area contributed by atoms with Gasteiger partial charge >= 0.3 is 0 Å². The van der Waals surface area contributed by atoms with Gasteiger partial charge in [0.05, 0.1) is 4.90 Å². The highest BCUT2D eigenvalue weighted by atomic mass is 32.2. The van der Waals surface area contributed by atoms with Crippen LogP contribution in [0.5, 0.6) is 0 Å². The fourth-order valence-electron chi connectivity index (χ4n) is 4.68. The van der Waals surface area contributed by atoms with Crippen molar-refractivity contribution in [3.63, 3.8) is 0 Å². The summed E-state index contributed by atoms with van der Waals surface area (Å²) in [6, 6.07) is 6.19. The maximum atomic E-state index is 13.6. The van der Waals surface area contributed by atoms with Crippen LogP contribution >= 0.6 is 0 Å². The monoisotopic (exact) mass is 433 g/mol. The number of carbonyl (C=O) groups is 2. The van der Waals surface area contributed by atoms with E-state index < -0.39 is 21.1 Å². The van der Waals surface area contributed by atoms with Crippen molar-refractivity contribution >= 4 is 27.5 Å². The molecule has 0 unspecified atom stereocenters. The number of hydrogen-bond acceptors (Lipinski definition) is 4. The predicted molar refractivity (Wildman–Crippen MR) is 116 cm³/mol. The normalized spacial score (nSPS) is 21.6. The van der Waals surface area contributed by atoms with Gasteiger partial charge in [0.15, 0.2) is 0 Å². The van der Waals surface area contributed by atoms with Crippen LogP contribution < -0.4 is 10.6 Å². The van der Waals surface area contributed by atoms with Crippen molar-refractivity contribution in [3.05, 3.63) is 36.9 Å². The van der Waals surface area contributed by atoms with Crippen molar-refractivity contribution in [1.82, 2.24) is 9.62 Å². The minimum atomic E-state index is -3.80. The molecule has 0 bridgehead atoms. The van der Waals surface area contributed by atoms with Gasteiger partial charge in [-0.2, -0.15) is 4.31 Å². The van der Waals surface area contributed by atoms with Crippen LogP contribution in [0, 0.1) is 5.92 Å². The number of sulfonamides is 1. The van der Waals surface area contributed by atoms with Gasteiger partial charge in [0, 0.05) is 28.7 Å². The molecule has 1 aromatic rings. The molecular weight excluding hydrogens is 402 g/mol. The highest BCUT2D eigenvalue weighted by molar-refractivity contribution is 7.89. The second-order valence-electron chi connectivity index (χ2n) is 9.50. The van der Waals surface area contributed by atoms with Crippen LogP contribution in [0.3, 0.4) is 0 Å². The average Bonchev–Trinajstić information content (AvgIpc) is 3.44. The van der Waals surface area contributed by atoms with E-state index in [-0.39, 0.29) is 28.7 Å². The van der Waals surface area contributed by atoms with Crippen LogP contribution in [0.2, 0.25) is 0 Å². The molecule has 1 aliphatic carbocycles. The van der Waals surface area contributed by atoms with E-state index in [1.54, 1.807) is 16.4 Å². The Labute approximate surface area is 179 Å². The third kappa shape index (κ3) is 4.59. The SMILES string of the molecule is C=CC(=O)NC1CC(C)(C)N(S(=O)(=O)c2ccc(NC(=O)C3CC3)cc2)C(C)(C)C1. The lowest BCUT2D eigenvalue weighted by molar-refractivity contribution is -0.118. The molecule has 1 aromatic carbocycles. The fourth-order valence-corrected chi connectivity index (χ4v) is 6.82. The molecule has 2 aliphatic rings. The number of amides is 2. The molecule has 7 nitrogen and oxygen atoms in total. The van der Waals surface area contributed by atoms with Crippen molar-refractivity contribution < 1.29 is 18.0 Å². The molecule has 1 saturated carbocycles. The number of nitrogens with zero attached hydrogens (tertiary/aromatic N) is 1. The number of nitrogens with one attached hydrogen (secondary N) is 2. The standard InChI is InChI=1S/C22H31N3O4S/c1-6-19(26)23-17-13-21(2,3)25(22(4,5)14-17)30(28,29)18-11-9-16(10-12-18)24-20(27)15-7-8-15/h6,9-12,15,17H,1,7-8,13-14H2,2-5H3,(H,23,26)(H,24,27). The van der Waals surface area contributed by atoms with Crippen LogP contribution in [0.4, 0.5) is 5.69 Å². The number of anilines is 1. The number of piperidine rings is 1. The Hall–Kier alpha value is -2.19. The van der Waals surface area contributed by atoms with E-state index in [1.807, 2.05) is 27.7 Å². The zero-order valence-electron chi connectivity index (χ0n) is 18.1. The van der Waals surface area contributed by atoms with E-state index in [0.717, 1.165) is 12.8 Å². The molecule has 8 heteroatoms. The average molecular weight is 434 g/mol. The maximum absolute atomic E-state index is 13.6. The first-order valence-electron chi connectivity index (χ1n) is 10.3. The molecule has 0 spiro atoms. The summed E-state index contributed by atoms with van der Waals surface area (Å²) >= 11 is 0. The minimum absolute atomic E-state index is 0.0171. The number of rotatable bonds is 6. The van der Waals surface area contributed by atoms with Crippen LogP contribution in [0.25, 0.3) is 0 Å². The van der Waals surface area contributed by atoms with Crippen molar-refractivity contribution in [2.75, 3.05) is 5.32 Å². The van der Waals surface area contributed by atoms with Crippen LogP contribution in [0.1, 0.15) is 53.4 Å². The molecule has 1 heterocycles. The summed E-state index contributed by atoms with van der Waals surface area (Å²) in [7, 11) is -3.80. The maximum Gasteiger partial charge on any atom is 0.244 e. The molecule has 2 amide bonds. The zero-order valence-corrected chi connectivity index (χ0v) is 18.9. The summed E-state index contributed by atoms with van der Waals surface area (Å²) < 4.78 is 28.7. The first-order valence-corrected chi connectivity index (χ1v) is 11.7. The molecule has 3 rings (SSSR count). The van der Waals surface area contributed by atoms with Gasteiger partial charge in [-0.1, -0.05) is 6.58 Å². The second kappa shape index (κ2) is 7.81. The summed E-state index contributed by atoms with van der Waals surface area (Å²) in [5.41, 5.74) is -0.827. The van der Waals surface area contributed by atoms with Gasteiger partial charge in [0.1, 0.15) is 0 Å². The van der Waals surface area contributed by atoms with Gasteiger partial charge in [-0.3, -0.25) is 9.59 Å². The Bertz CT molecular complexity index is 929. The smallest absolute Gasteiger partial charge is 0.244 e. The summed E-state index contributed by atoms with van der Waals surface area (Å²) in [6.07, 6.45) is 4.03. The molecule has 0 radical (unpaired) electrons. The Morgan fingerprint density at radius 2 is 1.60 bits per heavy atom. The molecule has 30 heavy (non-hydrogen) atoms. The van der Waals surface area contributed by atoms with Gasteiger partial charge in [-0.25, -0.2) is 8.42 Å². The van der Waals surface area contributed by atoms with Crippen LogP contribution in [-0.2, 0) is 19.6 Å². The van der Waals surface area contributed by atoms with Crippen LogP contribution in [0.15, 0.2) is 41.8 Å². The van der Waals surface area contributed by atoms with E-state index >= 15 is 0 Å². The number of benzene rings is 1. The van der Waals surface area contributed by atoms with Crippen molar-refractivity contribution in [2.24, 2.45) is 5.92 Å². The Kier molecular flexibility index (Phi) is 5.86. The van der Waals surface area contributed by atoms with Crippen molar-refractivity contribution in [3.8, 4) is 0 Å². The Balaban J connectivity index is 1.84. The number of hydrogen-bond donors (Lipinski definition) is 2. The first kappa shape index (κ1) is 22.5. The van der Waals surface area contributed by atoms with E-state index in [4.69, 9.17) is 0 Å². The third-order valence-electron chi connectivity index (χ3n) is 5.73. The largest absolute Gasteiger partial charge is 0.350 e. The van der Waals surface area contributed by atoms with Crippen molar-refractivity contribution in [2.45, 2.75) is 75.4 Å². The highest BCUT2D eigenvalue weighted by Crippen LogP contribution is 2.42. The van der Waals surface area contributed by atoms with Gasteiger partial charge < -0.3 is 10.6 Å². The summed E-state index contributed by atoms with van der Waals surface area (Å²) in [5.74, 6) is -0.193. The van der Waals surface area contributed by atoms with Gasteiger partial charge in [-0.15, -0.1) is 0 Å².